The van der Waals surface area contributed by atoms with Crippen molar-refractivity contribution in [3.8, 4) is 0 Å². The lowest BCUT2D eigenvalue weighted by molar-refractivity contribution is 0.195. The van der Waals surface area contributed by atoms with Gasteiger partial charge in [0.15, 0.2) is 0 Å². The largest absolute Gasteiger partial charge is 0.499 e. The summed E-state index contributed by atoms with van der Waals surface area (Å²) in [6.45, 7) is 18.3. The molecule has 2 heteroatoms. The first kappa shape index (κ1) is 47.5. The first-order chi connectivity index (χ1) is 23.7. The second-order valence-corrected chi connectivity index (χ2v) is 15.8. The second-order valence-electron chi connectivity index (χ2n) is 15.8. The number of nitrogens with zero attached hydrogens (tertiary/aromatic N) is 1. The Morgan fingerprint density at radius 2 is 0.729 bits per heavy atom. The Bertz CT molecular complexity index is 587. The van der Waals surface area contributed by atoms with Gasteiger partial charge in [0.1, 0.15) is 0 Å². The summed E-state index contributed by atoms with van der Waals surface area (Å²) >= 11 is 0. The summed E-state index contributed by atoms with van der Waals surface area (Å²) < 4.78 is 5.90. The third-order valence-electron chi connectivity index (χ3n) is 10.8. The van der Waals surface area contributed by atoms with Gasteiger partial charge >= 0.3 is 0 Å². The van der Waals surface area contributed by atoms with Crippen molar-refractivity contribution in [2.45, 2.75) is 252 Å². The summed E-state index contributed by atoms with van der Waals surface area (Å²) in [5.74, 6) is 2.03. The van der Waals surface area contributed by atoms with Crippen LogP contribution in [0.3, 0.4) is 0 Å². The fraction of sp³-hybridized carbons (Fsp3) is 0.957. The molecule has 0 spiro atoms. The quantitative estimate of drug-likeness (QED) is 0.0472. The van der Waals surface area contributed by atoms with Gasteiger partial charge in [-0.25, -0.2) is 0 Å². The fourth-order valence-electron chi connectivity index (χ4n) is 7.41. The number of hydrogen-bond donors (Lipinski definition) is 0. The van der Waals surface area contributed by atoms with E-state index in [1.165, 1.54) is 238 Å². The van der Waals surface area contributed by atoms with Gasteiger partial charge in [-0.1, -0.05) is 220 Å². The molecule has 0 aromatic heterocycles. The first-order valence-corrected chi connectivity index (χ1v) is 22.7. The summed E-state index contributed by atoms with van der Waals surface area (Å²) in [5, 5.41) is 0. The average molecular weight is 676 g/mol. The molecule has 288 valence electrons. The van der Waals surface area contributed by atoms with Gasteiger partial charge in [-0.05, 0) is 57.7 Å². The molecule has 0 rings (SSSR count). The van der Waals surface area contributed by atoms with E-state index in [0.717, 1.165) is 24.7 Å². The maximum Gasteiger partial charge on any atom is 0.0888 e. The average Bonchev–Trinajstić information content (AvgIpc) is 3.09. The monoisotopic (exact) mass is 676 g/mol. The topological polar surface area (TPSA) is 12.5 Å². The van der Waals surface area contributed by atoms with E-state index < -0.39 is 0 Å². The molecule has 0 aliphatic rings. The van der Waals surface area contributed by atoms with Gasteiger partial charge < -0.3 is 9.64 Å². The zero-order valence-electron chi connectivity index (χ0n) is 34.2. The third kappa shape index (κ3) is 36.8. The molecule has 0 amide bonds. The van der Waals surface area contributed by atoms with E-state index in [4.69, 9.17) is 4.74 Å². The Morgan fingerprint density at radius 3 is 1.17 bits per heavy atom. The zero-order valence-corrected chi connectivity index (χ0v) is 34.2. The van der Waals surface area contributed by atoms with Crippen LogP contribution in [0.25, 0.3) is 0 Å². The minimum atomic E-state index is 0.874. The van der Waals surface area contributed by atoms with Crippen molar-refractivity contribution in [1.82, 2.24) is 4.90 Å². The summed E-state index contributed by atoms with van der Waals surface area (Å²) in [7, 11) is 0. The lowest BCUT2D eigenvalue weighted by atomic mass is 9.89. The van der Waals surface area contributed by atoms with E-state index in [2.05, 4.69) is 39.2 Å². The Hall–Kier alpha value is -0.500. The van der Waals surface area contributed by atoms with Crippen LogP contribution in [0, 0.1) is 5.92 Å². The SMILES string of the molecule is C=C(CCCCCCCN(CCCC)CCCCCCCC(CCCCCCCC)CCCCCCCC)OCCCCCCCCC. The van der Waals surface area contributed by atoms with Gasteiger partial charge in [-0.3, -0.25) is 0 Å². The highest BCUT2D eigenvalue weighted by molar-refractivity contribution is 4.81. The number of ether oxygens (including phenoxy) is 1. The fourth-order valence-corrected chi connectivity index (χ4v) is 7.41. The van der Waals surface area contributed by atoms with E-state index in [1.807, 2.05) is 0 Å². The maximum absolute atomic E-state index is 5.90. The predicted molar refractivity (Wildman–Crippen MR) is 219 cm³/mol. The van der Waals surface area contributed by atoms with Crippen LogP contribution >= 0.6 is 0 Å². The number of rotatable bonds is 42. The van der Waals surface area contributed by atoms with Crippen LogP contribution in [0.15, 0.2) is 12.3 Å². The van der Waals surface area contributed by atoms with Crippen LogP contribution in [0.5, 0.6) is 0 Å². The van der Waals surface area contributed by atoms with Gasteiger partial charge in [-0.2, -0.15) is 0 Å². The zero-order chi connectivity index (χ0) is 35.0. The first-order valence-electron chi connectivity index (χ1n) is 22.7. The second kappa shape index (κ2) is 40.9. The van der Waals surface area contributed by atoms with Gasteiger partial charge in [0.05, 0.1) is 12.4 Å². The summed E-state index contributed by atoms with van der Waals surface area (Å²) in [6.07, 6.45) is 49.0. The minimum Gasteiger partial charge on any atom is -0.499 e. The van der Waals surface area contributed by atoms with Crippen molar-refractivity contribution in [1.29, 1.82) is 0 Å². The normalized spacial score (nSPS) is 11.7. The lowest BCUT2D eigenvalue weighted by Crippen LogP contribution is -2.27. The van der Waals surface area contributed by atoms with Crippen molar-refractivity contribution in [2.24, 2.45) is 5.92 Å². The molecular formula is C46H93NO. The van der Waals surface area contributed by atoms with E-state index in [1.54, 1.807) is 0 Å². The Morgan fingerprint density at radius 1 is 0.396 bits per heavy atom. The van der Waals surface area contributed by atoms with Gasteiger partial charge in [0.25, 0.3) is 0 Å². The predicted octanol–water partition coefficient (Wildman–Crippen LogP) is 16.2. The molecule has 0 saturated carbocycles. The molecule has 48 heavy (non-hydrogen) atoms. The summed E-state index contributed by atoms with van der Waals surface area (Å²) in [4.78, 5) is 2.79. The van der Waals surface area contributed by atoms with Crippen molar-refractivity contribution in [3.63, 3.8) is 0 Å². The molecular weight excluding hydrogens is 583 g/mol. The smallest absolute Gasteiger partial charge is 0.0888 e. The van der Waals surface area contributed by atoms with Gasteiger partial charge in [0.2, 0.25) is 0 Å². The molecule has 0 saturated heterocycles. The highest BCUT2D eigenvalue weighted by Gasteiger charge is 2.09. The Kier molecular flexibility index (Phi) is 40.5. The van der Waals surface area contributed by atoms with Crippen LogP contribution in [0.1, 0.15) is 252 Å². The maximum atomic E-state index is 5.90. The molecule has 0 aromatic rings. The molecule has 0 unspecified atom stereocenters. The van der Waals surface area contributed by atoms with Gasteiger partial charge in [-0.15, -0.1) is 0 Å². The molecule has 0 aliphatic carbocycles. The number of allylic oxidation sites excluding steroid dienone is 1. The van der Waals surface area contributed by atoms with Crippen molar-refractivity contribution in [2.75, 3.05) is 26.2 Å². The highest BCUT2D eigenvalue weighted by Crippen LogP contribution is 2.25. The Balaban J connectivity index is 3.97. The highest BCUT2D eigenvalue weighted by atomic mass is 16.5. The number of hydrogen-bond acceptors (Lipinski definition) is 2. The van der Waals surface area contributed by atoms with Gasteiger partial charge in [0, 0.05) is 6.42 Å². The standard InChI is InChI=1S/C46H93NO/c1-6-10-14-17-20-29-36-44-48-45(5)37-30-23-21-27-34-42-47(41-13-9-4)43-35-28-22-26-33-40-46(38-31-24-18-15-11-7-2)39-32-25-19-16-12-8-3/h46H,5-44H2,1-4H3. The van der Waals surface area contributed by atoms with Crippen LogP contribution in [-0.2, 0) is 4.74 Å². The van der Waals surface area contributed by atoms with Crippen LogP contribution in [-0.4, -0.2) is 31.1 Å². The minimum absolute atomic E-state index is 0.874. The molecule has 0 aromatic carbocycles. The molecule has 0 bridgehead atoms. The molecule has 0 fully saturated rings. The van der Waals surface area contributed by atoms with E-state index in [0.29, 0.717) is 0 Å². The Labute approximate surface area is 305 Å². The molecule has 2 nitrogen and oxygen atoms in total. The van der Waals surface area contributed by atoms with Crippen molar-refractivity contribution in [3.05, 3.63) is 12.3 Å². The summed E-state index contributed by atoms with van der Waals surface area (Å²) in [5.41, 5.74) is 0. The molecule has 0 N–H and O–H groups in total. The molecule has 0 radical (unpaired) electrons. The molecule has 0 heterocycles. The van der Waals surface area contributed by atoms with Crippen molar-refractivity contribution >= 4 is 0 Å². The molecule has 0 aliphatic heterocycles. The lowest BCUT2D eigenvalue weighted by Gasteiger charge is -2.22. The van der Waals surface area contributed by atoms with Crippen LogP contribution in [0.2, 0.25) is 0 Å². The van der Waals surface area contributed by atoms with Crippen LogP contribution < -0.4 is 0 Å². The van der Waals surface area contributed by atoms with E-state index >= 15 is 0 Å². The molecule has 0 atom stereocenters. The van der Waals surface area contributed by atoms with E-state index in [9.17, 15) is 0 Å². The number of unbranched alkanes of at least 4 members (excludes halogenated alkanes) is 25. The van der Waals surface area contributed by atoms with Crippen LogP contribution in [0.4, 0.5) is 0 Å². The van der Waals surface area contributed by atoms with Crippen molar-refractivity contribution < 1.29 is 4.74 Å². The third-order valence-corrected chi connectivity index (χ3v) is 10.8. The summed E-state index contributed by atoms with van der Waals surface area (Å²) in [6, 6.07) is 0. The van der Waals surface area contributed by atoms with E-state index in [-0.39, 0.29) is 0 Å².